The minimum atomic E-state index is -0.615. The number of halogens is 1. The van der Waals surface area contributed by atoms with Gasteiger partial charge in [-0.2, -0.15) is 0 Å². The number of nitrogens with zero attached hydrogens (tertiary/aromatic N) is 4. The SMILES string of the molecule is CC1CCN(CC(=O)N2CCCCOc3ccc(Cl)cc3C(=O)N(C)[C@@H](C(C)C)C(=O)N(C)CCCC2)CC1. The molecule has 0 bridgehead atoms. The lowest BCUT2D eigenvalue weighted by Crippen LogP contribution is -2.51. The number of likely N-dealkylation sites (tertiary alicyclic amines) is 1. The second kappa shape index (κ2) is 14.9. The first kappa shape index (κ1) is 31.2. The third kappa shape index (κ3) is 8.84. The second-order valence-corrected chi connectivity index (χ2v) is 12.0. The minimum absolute atomic E-state index is 0.0783. The van der Waals surface area contributed by atoms with Crippen LogP contribution in [0.15, 0.2) is 18.2 Å². The highest BCUT2D eigenvalue weighted by Crippen LogP contribution is 2.26. The molecule has 0 saturated carbocycles. The van der Waals surface area contributed by atoms with Gasteiger partial charge in [-0.3, -0.25) is 19.3 Å². The van der Waals surface area contributed by atoms with Gasteiger partial charge in [-0.15, -0.1) is 0 Å². The van der Waals surface area contributed by atoms with E-state index in [2.05, 4.69) is 11.8 Å². The van der Waals surface area contributed by atoms with Gasteiger partial charge in [0, 0.05) is 38.8 Å². The molecule has 0 unspecified atom stereocenters. The Morgan fingerprint density at radius 3 is 2.31 bits per heavy atom. The highest BCUT2D eigenvalue weighted by Gasteiger charge is 2.33. The Hall–Kier alpha value is -2.32. The number of ether oxygens (including phenoxy) is 1. The molecule has 8 nitrogen and oxygen atoms in total. The number of carbonyl (C=O) groups excluding carboxylic acids is 3. The summed E-state index contributed by atoms with van der Waals surface area (Å²) in [6.45, 7) is 11.0. The molecule has 1 aromatic carbocycles. The monoisotopic (exact) mass is 562 g/mol. The maximum absolute atomic E-state index is 13.6. The average molecular weight is 563 g/mol. The summed E-state index contributed by atoms with van der Waals surface area (Å²) in [6, 6.07) is 4.41. The van der Waals surface area contributed by atoms with Crippen molar-refractivity contribution in [1.29, 1.82) is 0 Å². The quantitative estimate of drug-likeness (QED) is 0.546. The number of likely N-dealkylation sites (N-methyl/N-ethyl adjacent to an activating group) is 2. The molecule has 9 heteroatoms. The van der Waals surface area contributed by atoms with Gasteiger partial charge in [-0.25, -0.2) is 0 Å². The second-order valence-electron chi connectivity index (χ2n) is 11.6. The number of amides is 3. The van der Waals surface area contributed by atoms with Gasteiger partial charge in [0.15, 0.2) is 0 Å². The summed E-state index contributed by atoms with van der Waals surface area (Å²) in [5, 5.41) is 0.437. The standard InChI is InChI=1S/C30H47ClN4O4/c1-22(2)28-30(38)32(4)14-6-7-15-35(27(36)21-34-17-12-23(3)13-18-34)16-8-9-19-39-26-11-10-24(31)20-25(26)29(37)33(28)5/h10-11,20,22-23,28H,6-9,12-19,21H2,1-5H3/t28-/m0/s1. The first-order valence-corrected chi connectivity index (χ1v) is 14.9. The van der Waals surface area contributed by atoms with Gasteiger partial charge in [-0.1, -0.05) is 32.4 Å². The van der Waals surface area contributed by atoms with Gasteiger partial charge in [0.1, 0.15) is 11.8 Å². The molecule has 1 atom stereocenters. The first-order chi connectivity index (χ1) is 18.6. The number of hydrogen-bond acceptors (Lipinski definition) is 5. The predicted molar refractivity (Wildman–Crippen MR) is 155 cm³/mol. The van der Waals surface area contributed by atoms with Crippen LogP contribution in [0, 0.1) is 11.8 Å². The van der Waals surface area contributed by atoms with Crippen LogP contribution in [0.3, 0.4) is 0 Å². The molecular weight excluding hydrogens is 516 g/mol. The lowest BCUT2D eigenvalue weighted by atomic mass is 9.99. The zero-order valence-corrected chi connectivity index (χ0v) is 25.2. The summed E-state index contributed by atoms with van der Waals surface area (Å²) >= 11 is 6.25. The van der Waals surface area contributed by atoms with Crippen LogP contribution in [0.1, 0.15) is 69.7 Å². The number of rotatable bonds is 3. The number of hydrogen-bond donors (Lipinski definition) is 0. The van der Waals surface area contributed by atoms with Gasteiger partial charge in [-0.05, 0) is 81.6 Å². The number of benzene rings is 1. The smallest absolute Gasteiger partial charge is 0.258 e. The minimum Gasteiger partial charge on any atom is -0.493 e. The molecule has 2 aliphatic rings. The zero-order valence-electron chi connectivity index (χ0n) is 24.5. The van der Waals surface area contributed by atoms with Crippen molar-refractivity contribution in [3.8, 4) is 5.75 Å². The highest BCUT2D eigenvalue weighted by molar-refractivity contribution is 6.31. The molecule has 1 saturated heterocycles. The fraction of sp³-hybridized carbons (Fsp3) is 0.700. The molecule has 1 aromatic rings. The van der Waals surface area contributed by atoms with E-state index in [9.17, 15) is 14.4 Å². The maximum Gasteiger partial charge on any atom is 0.258 e. The Bertz CT molecular complexity index is 980. The fourth-order valence-electron chi connectivity index (χ4n) is 5.46. The number of fused-ring (bicyclic) bond motifs is 1. The van der Waals surface area contributed by atoms with Crippen molar-refractivity contribution in [1.82, 2.24) is 19.6 Å². The molecule has 2 heterocycles. The Morgan fingerprint density at radius 2 is 1.64 bits per heavy atom. The van der Waals surface area contributed by atoms with E-state index >= 15 is 0 Å². The van der Waals surface area contributed by atoms with Crippen molar-refractivity contribution in [2.45, 2.75) is 65.3 Å². The molecule has 0 N–H and O–H groups in total. The van der Waals surface area contributed by atoms with E-state index in [1.807, 2.05) is 18.7 Å². The largest absolute Gasteiger partial charge is 0.493 e. The normalized spacial score (nSPS) is 22.0. The van der Waals surface area contributed by atoms with E-state index in [1.165, 1.54) is 4.90 Å². The molecule has 0 aromatic heterocycles. The van der Waals surface area contributed by atoms with Crippen LogP contribution in [0.5, 0.6) is 5.75 Å². The Morgan fingerprint density at radius 1 is 1.00 bits per heavy atom. The third-order valence-electron chi connectivity index (χ3n) is 8.01. The van der Waals surface area contributed by atoms with Crippen molar-refractivity contribution in [3.63, 3.8) is 0 Å². The first-order valence-electron chi connectivity index (χ1n) is 14.5. The third-order valence-corrected chi connectivity index (χ3v) is 8.24. The number of carbonyl (C=O) groups is 3. The van der Waals surface area contributed by atoms with Crippen LogP contribution in [0.25, 0.3) is 0 Å². The van der Waals surface area contributed by atoms with Crippen molar-refractivity contribution >= 4 is 29.3 Å². The van der Waals surface area contributed by atoms with Gasteiger partial charge in [0.05, 0.1) is 18.7 Å². The summed E-state index contributed by atoms with van der Waals surface area (Å²) < 4.78 is 6.04. The van der Waals surface area contributed by atoms with E-state index in [0.29, 0.717) is 49.1 Å². The molecule has 1 fully saturated rings. The number of piperidine rings is 1. The molecule has 0 radical (unpaired) electrons. The van der Waals surface area contributed by atoms with Crippen LogP contribution in [0.2, 0.25) is 5.02 Å². The fourth-order valence-corrected chi connectivity index (χ4v) is 5.63. The van der Waals surface area contributed by atoms with E-state index in [0.717, 1.165) is 57.5 Å². The summed E-state index contributed by atoms with van der Waals surface area (Å²) in [6.07, 6.45) is 5.47. The summed E-state index contributed by atoms with van der Waals surface area (Å²) in [7, 11) is 3.46. The molecule has 218 valence electrons. The topological polar surface area (TPSA) is 73.4 Å². The molecule has 0 aliphatic carbocycles. The van der Waals surface area contributed by atoms with E-state index in [1.54, 1.807) is 37.2 Å². The van der Waals surface area contributed by atoms with Crippen LogP contribution in [0.4, 0.5) is 0 Å². The van der Waals surface area contributed by atoms with Crippen molar-refractivity contribution in [2.24, 2.45) is 11.8 Å². The molecule has 0 spiro atoms. The zero-order chi connectivity index (χ0) is 28.5. The summed E-state index contributed by atoms with van der Waals surface area (Å²) in [5.41, 5.74) is 0.350. The van der Waals surface area contributed by atoms with Crippen LogP contribution < -0.4 is 4.74 Å². The van der Waals surface area contributed by atoms with Crippen LogP contribution in [-0.2, 0) is 9.59 Å². The molecule has 3 rings (SSSR count). The highest BCUT2D eigenvalue weighted by atomic mass is 35.5. The Balaban J connectivity index is 1.77. The van der Waals surface area contributed by atoms with Crippen LogP contribution in [-0.4, -0.2) is 103 Å². The maximum atomic E-state index is 13.6. The van der Waals surface area contributed by atoms with E-state index < -0.39 is 6.04 Å². The summed E-state index contributed by atoms with van der Waals surface area (Å²) in [4.78, 5) is 47.8. The van der Waals surface area contributed by atoms with Gasteiger partial charge < -0.3 is 19.4 Å². The average Bonchev–Trinajstić information content (AvgIpc) is 2.90. The molecule has 3 amide bonds. The Kier molecular flexibility index (Phi) is 11.9. The molecule has 2 aliphatic heterocycles. The van der Waals surface area contributed by atoms with E-state index in [-0.39, 0.29) is 23.6 Å². The van der Waals surface area contributed by atoms with Crippen molar-refractivity contribution in [2.75, 3.05) is 60.0 Å². The van der Waals surface area contributed by atoms with Crippen molar-refractivity contribution in [3.05, 3.63) is 28.8 Å². The van der Waals surface area contributed by atoms with Crippen molar-refractivity contribution < 1.29 is 19.1 Å². The van der Waals surface area contributed by atoms with E-state index in [4.69, 9.17) is 16.3 Å². The summed E-state index contributed by atoms with van der Waals surface area (Å²) in [5.74, 6) is 0.902. The van der Waals surface area contributed by atoms with Gasteiger partial charge in [0.2, 0.25) is 11.8 Å². The van der Waals surface area contributed by atoms with Crippen LogP contribution >= 0.6 is 11.6 Å². The predicted octanol–water partition coefficient (Wildman–Crippen LogP) is 4.41. The molecular formula is C30H47ClN4O4. The Labute approximate surface area is 239 Å². The van der Waals surface area contributed by atoms with Gasteiger partial charge >= 0.3 is 0 Å². The lowest BCUT2D eigenvalue weighted by Gasteiger charge is -2.34. The van der Waals surface area contributed by atoms with Gasteiger partial charge in [0.25, 0.3) is 5.91 Å². The molecule has 39 heavy (non-hydrogen) atoms. The lowest BCUT2D eigenvalue weighted by molar-refractivity contribution is -0.136.